The predicted octanol–water partition coefficient (Wildman–Crippen LogP) is 1.91. The molecule has 2 aromatic rings. The second kappa shape index (κ2) is 6.20. The fourth-order valence-electron chi connectivity index (χ4n) is 1.90. The molecule has 0 fully saturated rings. The molecule has 0 unspecified atom stereocenters. The Labute approximate surface area is 112 Å². The monoisotopic (exact) mass is 258 g/mol. The van der Waals surface area contributed by atoms with Crippen LogP contribution in [-0.4, -0.2) is 23.2 Å². The van der Waals surface area contributed by atoms with Gasteiger partial charge in [-0.3, -0.25) is 4.79 Å². The van der Waals surface area contributed by atoms with Crippen molar-refractivity contribution >= 4 is 5.97 Å². The molecule has 0 aliphatic rings. The third-order valence-electron chi connectivity index (χ3n) is 2.88. The smallest absolute Gasteiger partial charge is 0.323 e. The van der Waals surface area contributed by atoms with Crippen molar-refractivity contribution in [1.29, 1.82) is 0 Å². The Kier molecular flexibility index (Phi) is 4.36. The molecule has 2 rings (SSSR count). The lowest BCUT2D eigenvalue weighted by Crippen LogP contribution is -2.34. The summed E-state index contributed by atoms with van der Waals surface area (Å²) in [6.07, 6.45) is 4.46. The summed E-state index contributed by atoms with van der Waals surface area (Å²) in [5, 5.41) is 0. The maximum absolute atomic E-state index is 11.4. The fourth-order valence-corrected chi connectivity index (χ4v) is 1.90. The molecule has 4 nitrogen and oxygen atoms in total. The molecule has 4 heteroatoms. The normalized spacial score (nSPS) is 12.1. The first-order valence-electron chi connectivity index (χ1n) is 6.35. The highest BCUT2D eigenvalue weighted by molar-refractivity contribution is 5.75. The SMILES string of the molecule is CCOC(=O)[C@@H](N)Cc1ccc(-n2cccc2)cc1. The van der Waals surface area contributed by atoms with E-state index in [4.69, 9.17) is 10.5 Å². The molecule has 2 N–H and O–H groups in total. The van der Waals surface area contributed by atoms with E-state index < -0.39 is 6.04 Å². The molecule has 0 radical (unpaired) electrons. The van der Waals surface area contributed by atoms with Gasteiger partial charge in [0.2, 0.25) is 0 Å². The quantitative estimate of drug-likeness (QED) is 0.833. The second-order valence-electron chi connectivity index (χ2n) is 4.32. The van der Waals surface area contributed by atoms with E-state index in [-0.39, 0.29) is 5.97 Å². The van der Waals surface area contributed by atoms with Crippen LogP contribution in [0.2, 0.25) is 0 Å². The molecule has 0 spiro atoms. The minimum atomic E-state index is -0.600. The van der Waals surface area contributed by atoms with E-state index in [1.807, 2.05) is 53.4 Å². The van der Waals surface area contributed by atoms with E-state index in [2.05, 4.69) is 0 Å². The Hall–Kier alpha value is -2.07. The summed E-state index contributed by atoms with van der Waals surface area (Å²) in [5.74, 6) is -0.350. The van der Waals surface area contributed by atoms with Crippen LogP contribution < -0.4 is 5.73 Å². The molecule has 0 aliphatic carbocycles. The Balaban J connectivity index is 2.01. The minimum absolute atomic E-state index is 0.350. The van der Waals surface area contributed by atoms with Crippen LogP contribution in [0.3, 0.4) is 0 Å². The third kappa shape index (κ3) is 3.45. The molecule has 100 valence electrons. The average Bonchev–Trinajstić information content (AvgIpc) is 2.94. The molecule has 1 aromatic heterocycles. The number of nitrogens with zero attached hydrogens (tertiary/aromatic N) is 1. The largest absolute Gasteiger partial charge is 0.465 e. The summed E-state index contributed by atoms with van der Waals surface area (Å²) in [6, 6.07) is 11.3. The van der Waals surface area contributed by atoms with Gasteiger partial charge in [0.25, 0.3) is 0 Å². The number of carbonyl (C=O) groups is 1. The van der Waals surface area contributed by atoms with E-state index >= 15 is 0 Å². The van der Waals surface area contributed by atoms with Crippen LogP contribution in [0.15, 0.2) is 48.8 Å². The van der Waals surface area contributed by atoms with Gasteiger partial charge < -0.3 is 15.0 Å². The minimum Gasteiger partial charge on any atom is -0.465 e. The molecule has 1 aromatic carbocycles. The van der Waals surface area contributed by atoms with E-state index in [9.17, 15) is 4.79 Å². The molecule has 1 atom stereocenters. The van der Waals surface area contributed by atoms with Crippen molar-refractivity contribution in [3.05, 3.63) is 54.4 Å². The number of hydrogen-bond donors (Lipinski definition) is 1. The van der Waals surface area contributed by atoms with Crippen LogP contribution in [0.5, 0.6) is 0 Å². The summed E-state index contributed by atoms with van der Waals surface area (Å²) < 4.78 is 6.91. The number of esters is 1. The molecule has 0 saturated heterocycles. The molecular weight excluding hydrogens is 240 g/mol. The first-order chi connectivity index (χ1) is 9.20. The maximum atomic E-state index is 11.4. The van der Waals surface area contributed by atoms with Gasteiger partial charge in [-0.2, -0.15) is 0 Å². The Morgan fingerprint density at radius 2 is 1.89 bits per heavy atom. The Morgan fingerprint density at radius 1 is 1.26 bits per heavy atom. The summed E-state index contributed by atoms with van der Waals surface area (Å²) in [7, 11) is 0. The highest BCUT2D eigenvalue weighted by Crippen LogP contribution is 2.11. The van der Waals surface area contributed by atoms with E-state index in [0.717, 1.165) is 11.3 Å². The van der Waals surface area contributed by atoms with Crippen molar-refractivity contribution in [3.63, 3.8) is 0 Å². The van der Waals surface area contributed by atoms with Crippen LogP contribution in [0.4, 0.5) is 0 Å². The van der Waals surface area contributed by atoms with Crippen LogP contribution in [0.1, 0.15) is 12.5 Å². The van der Waals surface area contributed by atoms with Crippen LogP contribution in [0.25, 0.3) is 5.69 Å². The average molecular weight is 258 g/mol. The standard InChI is InChI=1S/C15H18N2O2/c1-2-19-15(18)14(16)11-12-5-7-13(8-6-12)17-9-3-4-10-17/h3-10,14H,2,11,16H2,1H3/t14-/m0/s1. The summed E-state index contributed by atoms with van der Waals surface area (Å²) >= 11 is 0. The molecule has 0 aliphatic heterocycles. The number of hydrogen-bond acceptors (Lipinski definition) is 3. The van der Waals surface area contributed by atoms with Crippen molar-refractivity contribution in [2.75, 3.05) is 6.61 Å². The first-order valence-corrected chi connectivity index (χ1v) is 6.35. The predicted molar refractivity (Wildman–Crippen MR) is 74.1 cm³/mol. The van der Waals surface area contributed by atoms with Crippen LogP contribution in [0, 0.1) is 0 Å². The Morgan fingerprint density at radius 3 is 2.47 bits per heavy atom. The second-order valence-corrected chi connectivity index (χ2v) is 4.32. The van der Waals surface area contributed by atoms with E-state index in [1.54, 1.807) is 6.92 Å². The third-order valence-corrected chi connectivity index (χ3v) is 2.88. The summed E-state index contributed by atoms with van der Waals surface area (Å²) in [5.41, 5.74) is 7.89. The lowest BCUT2D eigenvalue weighted by molar-refractivity contribution is -0.144. The van der Waals surface area contributed by atoms with Crippen molar-refractivity contribution in [3.8, 4) is 5.69 Å². The molecule has 0 amide bonds. The van der Waals surface area contributed by atoms with Gasteiger partial charge in [0.1, 0.15) is 6.04 Å². The van der Waals surface area contributed by atoms with Gasteiger partial charge in [-0.05, 0) is 43.2 Å². The van der Waals surface area contributed by atoms with Gasteiger partial charge in [0.15, 0.2) is 0 Å². The molecule has 0 saturated carbocycles. The van der Waals surface area contributed by atoms with Crippen LogP contribution in [-0.2, 0) is 16.0 Å². The highest BCUT2D eigenvalue weighted by Gasteiger charge is 2.14. The van der Waals surface area contributed by atoms with Crippen molar-refractivity contribution in [2.45, 2.75) is 19.4 Å². The van der Waals surface area contributed by atoms with Gasteiger partial charge >= 0.3 is 5.97 Å². The van der Waals surface area contributed by atoms with Gasteiger partial charge in [-0.25, -0.2) is 0 Å². The first kappa shape index (κ1) is 13.4. The topological polar surface area (TPSA) is 57.2 Å². The lowest BCUT2D eigenvalue weighted by Gasteiger charge is -2.11. The van der Waals surface area contributed by atoms with E-state index in [0.29, 0.717) is 13.0 Å². The van der Waals surface area contributed by atoms with E-state index in [1.165, 1.54) is 0 Å². The Bertz CT molecular complexity index is 518. The molecular formula is C15H18N2O2. The van der Waals surface area contributed by atoms with Gasteiger partial charge in [-0.1, -0.05) is 12.1 Å². The number of carbonyl (C=O) groups excluding carboxylic acids is 1. The van der Waals surface area contributed by atoms with Crippen molar-refractivity contribution in [2.24, 2.45) is 5.73 Å². The van der Waals surface area contributed by atoms with Crippen molar-refractivity contribution in [1.82, 2.24) is 4.57 Å². The maximum Gasteiger partial charge on any atom is 0.323 e. The van der Waals surface area contributed by atoms with Gasteiger partial charge in [-0.15, -0.1) is 0 Å². The molecule has 1 heterocycles. The molecule has 0 bridgehead atoms. The highest BCUT2D eigenvalue weighted by atomic mass is 16.5. The lowest BCUT2D eigenvalue weighted by atomic mass is 10.1. The summed E-state index contributed by atoms with van der Waals surface area (Å²) in [4.78, 5) is 11.4. The summed E-state index contributed by atoms with van der Waals surface area (Å²) in [6.45, 7) is 2.13. The number of rotatable bonds is 5. The number of benzene rings is 1. The number of aromatic nitrogens is 1. The van der Waals surface area contributed by atoms with Gasteiger partial charge in [0, 0.05) is 18.1 Å². The number of ether oxygens (including phenoxy) is 1. The molecule has 19 heavy (non-hydrogen) atoms. The zero-order valence-corrected chi connectivity index (χ0v) is 11.0. The van der Waals surface area contributed by atoms with Gasteiger partial charge in [0.05, 0.1) is 6.61 Å². The zero-order valence-electron chi connectivity index (χ0n) is 11.0. The fraction of sp³-hybridized carbons (Fsp3) is 0.267. The van der Waals surface area contributed by atoms with Crippen molar-refractivity contribution < 1.29 is 9.53 Å². The number of nitrogens with two attached hydrogens (primary N) is 1. The van der Waals surface area contributed by atoms with Crippen LogP contribution >= 0.6 is 0 Å². The zero-order chi connectivity index (χ0) is 13.7.